The molecule has 2 aromatic rings. The molecule has 0 aliphatic heterocycles. The van der Waals surface area contributed by atoms with Gasteiger partial charge in [0, 0.05) is 6.07 Å². The lowest BCUT2D eigenvalue weighted by Gasteiger charge is -2.16. The van der Waals surface area contributed by atoms with Crippen LogP contribution in [0.1, 0.15) is 31.8 Å². The molecule has 0 radical (unpaired) electrons. The van der Waals surface area contributed by atoms with Crippen LogP contribution in [0.3, 0.4) is 0 Å². The van der Waals surface area contributed by atoms with E-state index in [9.17, 15) is 23.1 Å². The van der Waals surface area contributed by atoms with E-state index in [-0.39, 0.29) is 22.6 Å². The first-order valence-electron chi connectivity index (χ1n) is 7.92. The van der Waals surface area contributed by atoms with Gasteiger partial charge in [0.1, 0.15) is 28.6 Å². The number of aromatic hydroxyl groups is 1. The molecule has 0 aliphatic carbocycles. The summed E-state index contributed by atoms with van der Waals surface area (Å²) in [4.78, 5) is 25.5. The Morgan fingerprint density at radius 2 is 1.52 bits per heavy atom. The van der Waals surface area contributed by atoms with Gasteiger partial charge in [0.2, 0.25) is 5.78 Å². The molecule has 2 N–H and O–H groups in total. The molecule has 2 rings (SSSR count). The van der Waals surface area contributed by atoms with Crippen molar-refractivity contribution in [1.29, 1.82) is 0 Å². The molecule has 0 bridgehead atoms. The highest BCUT2D eigenvalue weighted by Gasteiger charge is 2.30. The van der Waals surface area contributed by atoms with Crippen molar-refractivity contribution in [3.05, 3.63) is 46.5 Å². The van der Waals surface area contributed by atoms with E-state index in [0.29, 0.717) is 5.56 Å². The SMILES string of the molecule is COC(=O)c1cc(OS(=O)(=O)O)cc(OC)c1C(=O)c1c(O)cc(C)cc1OC. The number of hydrogen-bond acceptors (Lipinski definition) is 9. The zero-order valence-electron chi connectivity index (χ0n) is 15.9. The fourth-order valence-electron chi connectivity index (χ4n) is 2.67. The number of methoxy groups -OCH3 is 3. The number of carbonyl (C=O) groups is 2. The lowest BCUT2D eigenvalue weighted by molar-refractivity contribution is 0.0596. The highest BCUT2D eigenvalue weighted by Crippen LogP contribution is 2.37. The third-order valence-corrected chi connectivity index (χ3v) is 4.21. The number of ether oxygens (including phenoxy) is 3. The molecule has 0 aromatic heterocycles. The normalized spacial score (nSPS) is 10.9. The Bertz CT molecular complexity index is 1070. The molecule has 0 saturated heterocycles. The van der Waals surface area contributed by atoms with Gasteiger partial charge in [-0.25, -0.2) is 4.79 Å². The summed E-state index contributed by atoms with van der Waals surface area (Å²) < 4.78 is 50.2. The van der Waals surface area contributed by atoms with Crippen molar-refractivity contribution in [3.63, 3.8) is 0 Å². The van der Waals surface area contributed by atoms with Gasteiger partial charge in [-0.3, -0.25) is 9.35 Å². The number of rotatable bonds is 7. The first kappa shape index (κ1) is 22.0. The Morgan fingerprint density at radius 3 is 2.03 bits per heavy atom. The Morgan fingerprint density at radius 1 is 0.931 bits per heavy atom. The van der Waals surface area contributed by atoms with Gasteiger partial charge in [-0.05, 0) is 30.7 Å². The summed E-state index contributed by atoms with van der Waals surface area (Å²) in [5.74, 6) is -2.99. The van der Waals surface area contributed by atoms with E-state index in [1.807, 2.05) is 0 Å². The van der Waals surface area contributed by atoms with Gasteiger partial charge in [0.25, 0.3) is 0 Å². The fourth-order valence-corrected chi connectivity index (χ4v) is 3.01. The van der Waals surface area contributed by atoms with Crippen LogP contribution in [-0.4, -0.2) is 51.2 Å². The van der Waals surface area contributed by atoms with Crippen LogP contribution in [0.25, 0.3) is 0 Å². The maximum absolute atomic E-state index is 13.2. The van der Waals surface area contributed by atoms with Crippen molar-refractivity contribution >= 4 is 22.2 Å². The second kappa shape index (κ2) is 8.37. The maximum Gasteiger partial charge on any atom is 0.446 e. The summed E-state index contributed by atoms with van der Waals surface area (Å²) in [6.07, 6.45) is 0. The quantitative estimate of drug-likeness (QED) is 0.382. The second-order valence-electron chi connectivity index (χ2n) is 5.74. The van der Waals surface area contributed by atoms with Crippen LogP contribution < -0.4 is 13.7 Å². The van der Waals surface area contributed by atoms with Crippen LogP contribution in [0, 0.1) is 6.92 Å². The molecule has 10 nitrogen and oxygen atoms in total. The molecule has 2 aromatic carbocycles. The summed E-state index contributed by atoms with van der Waals surface area (Å²) in [7, 11) is -1.40. The van der Waals surface area contributed by atoms with Crippen LogP contribution >= 0.6 is 0 Å². The molecule has 0 atom stereocenters. The lowest BCUT2D eigenvalue weighted by atomic mass is 9.95. The van der Waals surface area contributed by atoms with E-state index < -0.39 is 39.2 Å². The third kappa shape index (κ3) is 4.76. The standard InChI is InChI=1S/C18H18O10S/c1-9-5-12(19)16(13(6-9)25-2)17(20)15-11(18(21)27-4)7-10(8-14(15)26-3)28-29(22,23)24/h5-8,19H,1-4H3,(H,22,23,24). The van der Waals surface area contributed by atoms with Gasteiger partial charge in [0.15, 0.2) is 0 Å². The summed E-state index contributed by atoms with van der Waals surface area (Å²) in [6, 6.07) is 4.70. The van der Waals surface area contributed by atoms with E-state index in [1.165, 1.54) is 19.2 Å². The Kier molecular flexibility index (Phi) is 6.34. The molecular formula is C18H18O10S. The van der Waals surface area contributed by atoms with Crippen LogP contribution in [0.15, 0.2) is 24.3 Å². The van der Waals surface area contributed by atoms with Crippen molar-refractivity contribution in [2.75, 3.05) is 21.3 Å². The van der Waals surface area contributed by atoms with Crippen LogP contribution in [0.2, 0.25) is 0 Å². The summed E-state index contributed by atoms with van der Waals surface area (Å²) in [5.41, 5.74) is -0.380. The van der Waals surface area contributed by atoms with Gasteiger partial charge in [-0.15, -0.1) is 0 Å². The van der Waals surface area contributed by atoms with Crippen molar-refractivity contribution in [2.24, 2.45) is 0 Å². The largest absolute Gasteiger partial charge is 0.507 e. The Hall–Kier alpha value is -3.31. The zero-order valence-corrected chi connectivity index (χ0v) is 16.7. The average Bonchev–Trinajstić information content (AvgIpc) is 2.64. The van der Waals surface area contributed by atoms with Gasteiger partial charge in [0.05, 0.1) is 32.5 Å². The van der Waals surface area contributed by atoms with E-state index in [4.69, 9.17) is 14.0 Å². The predicted molar refractivity (Wildman–Crippen MR) is 99.3 cm³/mol. The smallest absolute Gasteiger partial charge is 0.446 e. The van der Waals surface area contributed by atoms with E-state index in [2.05, 4.69) is 8.92 Å². The molecule has 0 unspecified atom stereocenters. The number of phenolic OH excluding ortho intramolecular Hbond substituents is 1. The van der Waals surface area contributed by atoms with E-state index >= 15 is 0 Å². The van der Waals surface area contributed by atoms with Crippen molar-refractivity contribution < 1.29 is 46.1 Å². The van der Waals surface area contributed by atoms with Crippen LogP contribution in [0.4, 0.5) is 0 Å². The number of benzene rings is 2. The molecular weight excluding hydrogens is 408 g/mol. The van der Waals surface area contributed by atoms with E-state index in [0.717, 1.165) is 26.4 Å². The molecule has 156 valence electrons. The first-order valence-corrected chi connectivity index (χ1v) is 9.28. The highest BCUT2D eigenvalue weighted by atomic mass is 32.3. The van der Waals surface area contributed by atoms with Crippen molar-refractivity contribution in [2.45, 2.75) is 6.92 Å². The molecule has 0 amide bonds. The maximum atomic E-state index is 13.2. The number of esters is 1. The number of ketones is 1. The fraction of sp³-hybridized carbons (Fsp3) is 0.222. The van der Waals surface area contributed by atoms with Gasteiger partial charge >= 0.3 is 16.4 Å². The first-order chi connectivity index (χ1) is 13.5. The van der Waals surface area contributed by atoms with Crippen molar-refractivity contribution in [3.8, 4) is 23.0 Å². The minimum atomic E-state index is -4.91. The molecule has 0 spiro atoms. The average molecular weight is 426 g/mol. The Balaban J connectivity index is 2.80. The van der Waals surface area contributed by atoms with Gasteiger partial charge in [-0.2, -0.15) is 8.42 Å². The third-order valence-electron chi connectivity index (χ3n) is 3.80. The number of carbonyl (C=O) groups excluding carboxylic acids is 2. The minimum Gasteiger partial charge on any atom is -0.507 e. The second-order valence-corrected chi connectivity index (χ2v) is 6.76. The molecule has 0 heterocycles. The zero-order chi connectivity index (χ0) is 21.9. The summed E-state index contributed by atoms with van der Waals surface area (Å²) in [5, 5.41) is 10.3. The minimum absolute atomic E-state index is 0.0450. The van der Waals surface area contributed by atoms with Crippen LogP contribution in [-0.2, 0) is 15.1 Å². The molecule has 0 aliphatic rings. The molecule has 11 heteroatoms. The predicted octanol–water partition coefficient (Wildman–Crippen LogP) is 1.92. The Labute approximate surface area is 166 Å². The lowest BCUT2D eigenvalue weighted by Crippen LogP contribution is -2.15. The molecule has 0 fully saturated rings. The summed E-state index contributed by atoms with van der Waals surface area (Å²) in [6.45, 7) is 1.68. The number of aryl methyl sites for hydroxylation is 1. The molecule has 29 heavy (non-hydrogen) atoms. The van der Waals surface area contributed by atoms with Crippen LogP contribution in [0.5, 0.6) is 23.0 Å². The van der Waals surface area contributed by atoms with Gasteiger partial charge in [-0.1, -0.05) is 0 Å². The highest BCUT2D eigenvalue weighted by molar-refractivity contribution is 7.81. The number of hydrogen-bond donors (Lipinski definition) is 2. The summed E-state index contributed by atoms with van der Waals surface area (Å²) >= 11 is 0. The molecule has 0 saturated carbocycles. The topological polar surface area (TPSA) is 146 Å². The number of phenols is 1. The van der Waals surface area contributed by atoms with Crippen molar-refractivity contribution in [1.82, 2.24) is 0 Å². The monoisotopic (exact) mass is 426 g/mol. The van der Waals surface area contributed by atoms with E-state index in [1.54, 1.807) is 6.92 Å². The van der Waals surface area contributed by atoms with Gasteiger partial charge < -0.3 is 23.5 Å².